The zero-order valence-corrected chi connectivity index (χ0v) is 13.5. The first-order valence-electron chi connectivity index (χ1n) is 6.62. The molecule has 0 aliphatic carbocycles. The van der Waals surface area contributed by atoms with Gasteiger partial charge in [0.05, 0.1) is 25.5 Å². The Hall–Kier alpha value is -2.80. The van der Waals surface area contributed by atoms with Crippen LogP contribution in [0.3, 0.4) is 0 Å². The second-order valence-electron chi connectivity index (χ2n) is 4.50. The highest BCUT2D eigenvalue weighted by atomic mass is 32.1. The monoisotopic (exact) mass is 332 g/mol. The van der Waals surface area contributed by atoms with Crippen molar-refractivity contribution in [2.24, 2.45) is 5.73 Å². The summed E-state index contributed by atoms with van der Waals surface area (Å²) in [5.41, 5.74) is 6.68. The molecule has 1 aromatic carbocycles. The summed E-state index contributed by atoms with van der Waals surface area (Å²) in [4.78, 5) is 23.6. The topological polar surface area (TPSA) is 90.6 Å². The highest BCUT2D eigenvalue weighted by molar-refractivity contribution is 7.08. The molecule has 1 heterocycles. The smallest absolute Gasteiger partial charge is 0.250 e. The van der Waals surface area contributed by atoms with Gasteiger partial charge in [-0.15, -0.1) is 0 Å². The molecule has 0 saturated carbocycles. The molecule has 6 nitrogen and oxygen atoms in total. The average Bonchev–Trinajstić information content (AvgIpc) is 3.05. The number of methoxy groups -OCH3 is 2. The molecule has 0 unspecified atom stereocenters. The summed E-state index contributed by atoms with van der Waals surface area (Å²) < 4.78 is 10.3. The molecule has 0 radical (unpaired) electrons. The Morgan fingerprint density at radius 2 is 1.91 bits per heavy atom. The Morgan fingerprint density at radius 1 is 1.22 bits per heavy atom. The number of hydrogen-bond acceptors (Lipinski definition) is 5. The number of carbonyl (C=O) groups is 2. The lowest BCUT2D eigenvalue weighted by molar-refractivity contribution is -0.111. The van der Waals surface area contributed by atoms with Crippen LogP contribution in [0.5, 0.6) is 11.5 Å². The molecule has 0 saturated heterocycles. The van der Waals surface area contributed by atoms with Gasteiger partial charge < -0.3 is 20.5 Å². The minimum Gasteiger partial charge on any atom is -0.493 e. The maximum atomic E-state index is 12.0. The third kappa shape index (κ3) is 4.10. The van der Waals surface area contributed by atoms with Crippen molar-refractivity contribution < 1.29 is 19.1 Å². The maximum absolute atomic E-state index is 12.0. The fourth-order valence-electron chi connectivity index (χ4n) is 1.90. The number of nitrogens with two attached hydrogens (primary N) is 1. The van der Waals surface area contributed by atoms with Crippen molar-refractivity contribution in [1.29, 1.82) is 0 Å². The second-order valence-corrected chi connectivity index (χ2v) is 5.28. The first-order valence-corrected chi connectivity index (χ1v) is 7.56. The molecule has 1 aromatic heterocycles. The number of benzene rings is 1. The second kappa shape index (κ2) is 7.46. The van der Waals surface area contributed by atoms with E-state index in [4.69, 9.17) is 15.2 Å². The van der Waals surface area contributed by atoms with Gasteiger partial charge in [-0.25, -0.2) is 0 Å². The number of amides is 2. The fraction of sp³-hybridized carbons (Fsp3) is 0.125. The SMILES string of the molecule is COc1cc(NC(=O)/C=C\c2ccsc2)c(C(N)=O)cc1OC. The van der Waals surface area contributed by atoms with E-state index in [-0.39, 0.29) is 17.2 Å². The van der Waals surface area contributed by atoms with E-state index in [0.717, 1.165) is 5.56 Å². The number of thiophene rings is 1. The van der Waals surface area contributed by atoms with Crippen LogP contribution in [-0.2, 0) is 4.79 Å². The van der Waals surface area contributed by atoms with Gasteiger partial charge in [-0.3, -0.25) is 9.59 Å². The van der Waals surface area contributed by atoms with E-state index in [0.29, 0.717) is 11.5 Å². The summed E-state index contributed by atoms with van der Waals surface area (Å²) in [6.45, 7) is 0. The van der Waals surface area contributed by atoms with Crippen molar-refractivity contribution in [2.75, 3.05) is 19.5 Å². The zero-order chi connectivity index (χ0) is 16.8. The Balaban J connectivity index is 2.27. The van der Waals surface area contributed by atoms with E-state index in [9.17, 15) is 9.59 Å². The van der Waals surface area contributed by atoms with Crippen molar-refractivity contribution in [3.05, 3.63) is 46.2 Å². The Bertz CT molecular complexity index is 739. The number of rotatable bonds is 6. The van der Waals surface area contributed by atoms with Gasteiger partial charge in [0.2, 0.25) is 5.91 Å². The molecule has 3 N–H and O–H groups in total. The molecule has 0 aliphatic heterocycles. The van der Waals surface area contributed by atoms with E-state index < -0.39 is 5.91 Å². The summed E-state index contributed by atoms with van der Waals surface area (Å²) in [6.07, 6.45) is 3.06. The zero-order valence-electron chi connectivity index (χ0n) is 12.7. The number of primary amides is 1. The predicted octanol–water partition coefficient (Wildman–Crippen LogP) is 2.52. The molecular formula is C16H16N2O4S. The molecule has 23 heavy (non-hydrogen) atoms. The van der Waals surface area contributed by atoms with Crippen molar-refractivity contribution in [1.82, 2.24) is 0 Å². The van der Waals surface area contributed by atoms with Gasteiger partial charge in [0.15, 0.2) is 11.5 Å². The summed E-state index contributed by atoms with van der Waals surface area (Å²) >= 11 is 1.54. The van der Waals surface area contributed by atoms with Crippen LogP contribution < -0.4 is 20.5 Å². The van der Waals surface area contributed by atoms with E-state index in [1.165, 1.54) is 43.8 Å². The van der Waals surface area contributed by atoms with Crippen molar-refractivity contribution in [3.8, 4) is 11.5 Å². The van der Waals surface area contributed by atoms with Crippen LogP contribution in [0.1, 0.15) is 15.9 Å². The molecular weight excluding hydrogens is 316 g/mol. The number of hydrogen-bond donors (Lipinski definition) is 2. The largest absolute Gasteiger partial charge is 0.493 e. The van der Waals surface area contributed by atoms with E-state index in [1.54, 1.807) is 6.08 Å². The average molecular weight is 332 g/mol. The van der Waals surface area contributed by atoms with Gasteiger partial charge in [-0.05, 0) is 34.5 Å². The van der Waals surface area contributed by atoms with Crippen LogP contribution in [0.4, 0.5) is 5.69 Å². The summed E-state index contributed by atoms with van der Waals surface area (Å²) in [5, 5.41) is 6.45. The molecule has 0 spiro atoms. The first kappa shape index (κ1) is 16.6. The third-order valence-corrected chi connectivity index (χ3v) is 3.72. The minimum absolute atomic E-state index is 0.139. The van der Waals surface area contributed by atoms with Crippen LogP contribution in [0.15, 0.2) is 35.0 Å². The molecule has 0 atom stereocenters. The quantitative estimate of drug-likeness (QED) is 0.795. The standard InChI is InChI=1S/C16H16N2O4S/c1-21-13-7-11(16(17)20)12(8-14(13)22-2)18-15(19)4-3-10-5-6-23-9-10/h3-9H,1-2H3,(H2,17,20)(H,18,19)/b4-3-. The van der Waals surface area contributed by atoms with Crippen molar-refractivity contribution in [2.45, 2.75) is 0 Å². The third-order valence-electron chi connectivity index (χ3n) is 3.02. The Kier molecular flexibility index (Phi) is 5.37. The lowest BCUT2D eigenvalue weighted by Crippen LogP contribution is -2.17. The van der Waals surface area contributed by atoms with Crippen molar-refractivity contribution >= 4 is 34.9 Å². The molecule has 2 aromatic rings. The van der Waals surface area contributed by atoms with Crippen LogP contribution in [0.2, 0.25) is 0 Å². The summed E-state index contributed by atoms with van der Waals surface area (Å²) in [6, 6.07) is 4.81. The fourth-order valence-corrected chi connectivity index (χ4v) is 2.53. The maximum Gasteiger partial charge on any atom is 0.250 e. The van der Waals surface area contributed by atoms with Gasteiger partial charge in [0, 0.05) is 12.1 Å². The Morgan fingerprint density at radius 3 is 2.48 bits per heavy atom. The molecule has 0 fully saturated rings. The van der Waals surface area contributed by atoms with Gasteiger partial charge in [0.25, 0.3) is 5.91 Å². The van der Waals surface area contributed by atoms with Gasteiger partial charge in [-0.2, -0.15) is 11.3 Å². The molecule has 0 bridgehead atoms. The summed E-state index contributed by atoms with van der Waals surface area (Å²) in [7, 11) is 2.91. The molecule has 7 heteroatoms. The summed E-state index contributed by atoms with van der Waals surface area (Å²) in [5.74, 6) is -0.322. The van der Waals surface area contributed by atoms with Crippen LogP contribution in [-0.4, -0.2) is 26.0 Å². The number of carbonyl (C=O) groups excluding carboxylic acids is 2. The predicted molar refractivity (Wildman–Crippen MR) is 90.0 cm³/mol. The lowest BCUT2D eigenvalue weighted by atomic mass is 10.1. The molecule has 0 aliphatic rings. The van der Waals surface area contributed by atoms with E-state index in [1.807, 2.05) is 16.8 Å². The van der Waals surface area contributed by atoms with Crippen LogP contribution in [0.25, 0.3) is 6.08 Å². The van der Waals surface area contributed by atoms with Crippen molar-refractivity contribution in [3.63, 3.8) is 0 Å². The van der Waals surface area contributed by atoms with E-state index in [2.05, 4.69) is 5.32 Å². The van der Waals surface area contributed by atoms with Crippen LogP contribution in [0, 0.1) is 0 Å². The Labute approximate surface area is 137 Å². The number of nitrogens with one attached hydrogen (secondary N) is 1. The number of anilines is 1. The normalized spacial score (nSPS) is 10.5. The highest BCUT2D eigenvalue weighted by Crippen LogP contribution is 2.33. The van der Waals surface area contributed by atoms with Gasteiger partial charge in [-0.1, -0.05) is 0 Å². The minimum atomic E-state index is -0.678. The molecule has 2 rings (SSSR count). The van der Waals surface area contributed by atoms with Crippen LogP contribution >= 0.6 is 11.3 Å². The number of ether oxygens (including phenoxy) is 2. The molecule has 120 valence electrons. The first-order chi connectivity index (χ1) is 11.0. The molecule has 2 amide bonds. The highest BCUT2D eigenvalue weighted by Gasteiger charge is 2.16. The van der Waals surface area contributed by atoms with Gasteiger partial charge >= 0.3 is 0 Å². The van der Waals surface area contributed by atoms with E-state index >= 15 is 0 Å². The van der Waals surface area contributed by atoms with Gasteiger partial charge in [0.1, 0.15) is 0 Å². The lowest BCUT2D eigenvalue weighted by Gasteiger charge is -2.13.